The van der Waals surface area contributed by atoms with E-state index in [1.54, 1.807) is 31.4 Å². The molecule has 0 aliphatic heterocycles. The number of hydrogen-bond donors (Lipinski definition) is 2. The second-order valence-electron chi connectivity index (χ2n) is 5.53. The fraction of sp³-hybridized carbons (Fsp3) is 0.105. The maximum absolute atomic E-state index is 12.4. The van der Waals surface area contributed by atoms with E-state index in [1.165, 1.54) is 6.33 Å². The van der Waals surface area contributed by atoms with Crippen molar-refractivity contribution in [2.75, 3.05) is 17.7 Å². The Hall–Kier alpha value is -3.12. The quantitative estimate of drug-likeness (QED) is 0.696. The Balaban J connectivity index is 1.76. The molecule has 6 nitrogen and oxygen atoms in total. The van der Waals surface area contributed by atoms with Crippen molar-refractivity contribution in [2.24, 2.45) is 0 Å². The molecule has 1 aromatic heterocycles. The average molecular weight is 369 g/mol. The van der Waals surface area contributed by atoms with Crippen LogP contribution in [0.1, 0.15) is 16.1 Å². The molecule has 0 saturated heterocycles. The second kappa shape index (κ2) is 7.84. The van der Waals surface area contributed by atoms with Crippen LogP contribution in [0.2, 0.25) is 5.02 Å². The van der Waals surface area contributed by atoms with Crippen LogP contribution in [0.25, 0.3) is 0 Å². The number of halogens is 1. The van der Waals surface area contributed by atoms with E-state index in [2.05, 4.69) is 20.6 Å². The van der Waals surface area contributed by atoms with Gasteiger partial charge in [0.2, 0.25) is 0 Å². The lowest BCUT2D eigenvalue weighted by atomic mass is 10.2. The minimum Gasteiger partial charge on any atom is -0.495 e. The van der Waals surface area contributed by atoms with Gasteiger partial charge in [0, 0.05) is 17.4 Å². The predicted molar refractivity (Wildman–Crippen MR) is 102 cm³/mol. The van der Waals surface area contributed by atoms with Crippen LogP contribution in [0.3, 0.4) is 0 Å². The number of para-hydroxylation sites is 1. The summed E-state index contributed by atoms with van der Waals surface area (Å²) >= 11 is 6.12. The van der Waals surface area contributed by atoms with Crippen molar-refractivity contribution < 1.29 is 9.53 Å². The highest BCUT2D eigenvalue weighted by atomic mass is 35.5. The van der Waals surface area contributed by atoms with Gasteiger partial charge in [-0.3, -0.25) is 4.79 Å². The summed E-state index contributed by atoms with van der Waals surface area (Å²) in [4.78, 5) is 20.6. The van der Waals surface area contributed by atoms with Gasteiger partial charge >= 0.3 is 0 Å². The number of amides is 1. The zero-order valence-electron chi connectivity index (χ0n) is 14.3. The Morgan fingerprint density at radius 3 is 2.65 bits per heavy atom. The number of carbonyl (C=O) groups is 1. The largest absolute Gasteiger partial charge is 0.495 e. The third kappa shape index (κ3) is 4.10. The van der Waals surface area contributed by atoms with Crippen LogP contribution in [-0.4, -0.2) is 23.0 Å². The summed E-state index contributed by atoms with van der Waals surface area (Å²) < 4.78 is 5.13. The number of nitrogens with one attached hydrogen (secondary N) is 2. The number of aromatic nitrogens is 2. The molecule has 26 heavy (non-hydrogen) atoms. The molecule has 0 radical (unpaired) electrons. The zero-order chi connectivity index (χ0) is 18.5. The molecule has 0 unspecified atom stereocenters. The molecule has 0 bridgehead atoms. The Kier molecular flexibility index (Phi) is 5.34. The third-order valence-electron chi connectivity index (χ3n) is 3.72. The molecule has 3 aromatic rings. The van der Waals surface area contributed by atoms with E-state index in [-0.39, 0.29) is 11.6 Å². The van der Waals surface area contributed by atoms with E-state index in [1.807, 2.05) is 31.2 Å². The Morgan fingerprint density at radius 1 is 1.12 bits per heavy atom. The maximum Gasteiger partial charge on any atom is 0.274 e. The van der Waals surface area contributed by atoms with Gasteiger partial charge < -0.3 is 15.4 Å². The first-order valence-electron chi connectivity index (χ1n) is 7.86. The molecule has 0 spiro atoms. The van der Waals surface area contributed by atoms with Crippen LogP contribution in [0, 0.1) is 6.92 Å². The van der Waals surface area contributed by atoms with Gasteiger partial charge in [0.25, 0.3) is 5.91 Å². The summed E-state index contributed by atoms with van der Waals surface area (Å²) in [5.41, 5.74) is 2.69. The lowest BCUT2D eigenvalue weighted by molar-refractivity contribution is 0.102. The average Bonchev–Trinajstić information content (AvgIpc) is 2.64. The molecule has 2 aromatic carbocycles. The van der Waals surface area contributed by atoms with Gasteiger partial charge in [-0.15, -0.1) is 0 Å². The van der Waals surface area contributed by atoms with Crippen molar-refractivity contribution in [2.45, 2.75) is 6.92 Å². The summed E-state index contributed by atoms with van der Waals surface area (Å²) in [5, 5.41) is 6.42. The molecule has 132 valence electrons. The van der Waals surface area contributed by atoms with Crippen molar-refractivity contribution >= 4 is 34.7 Å². The van der Waals surface area contributed by atoms with Gasteiger partial charge in [-0.2, -0.15) is 0 Å². The van der Waals surface area contributed by atoms with E-state index in [9.17, 15) is 4.79 Å². The number of rotatable bonds is 5. The molecule has 7 heteroatoms. The molecule has 3 rings (SSSR count). The zero-order valence-corrected chi connectivity index (χ0v) is 15.0. The smallest absolute Gasteiger partial charge is 0.274 e. The number of ether oxygens (including phenoxy) is 1. The summed E-state index contributed by atoms with van der Waals surface area (Å²) in [6.07, 6.45) is 1.33. The predicted octanol–water partition coefficient (Wildman–Crippen LogP) is 4.44. The van der Waals surface area contributed by atoms with Crippen LogP contribution in [0.4, 0.5) is 17.2 Å². The summed E-state index contributed by atoms with van der Waals surface area (Å²) in [6, 6.07) is 14.4. The van der Waals surface area contributed by atoms with Crippen molar-refractivity contribution in [3.63, 3.8) is 0 Å². The molecule has 1 amide bonds. The number of nitrogens with zero attached hydrogens (tertiary/aromatic N) is 2. The number of hydrogen-bond acceptors (Lipinski definition) is 5. The Morgan fingerprint density at radius 2 is 1.92 bits per heavy atom. The standard InChI is InChI=1S/C19H17ClN4O2/c1-12-5-3-4-6-15(12)24-19(25)16-10-18(22-11-21-16)23-13-7-8-17(26-2)14(20)9-13/h3-11H,1-2H3,(H,24,25)(H,21,22,23). The molecule has 0 aliphatic carbocycles. The van der Waals surface area contributed by atoms with Crippen LogP contribution in [0.5, 0.6) is 5.75 Å². The van der Waals surface area contributed by atoms with Crippen molar-refractivity contribution in [3.8, 4) is 5.75 Å². The summed E-state index contributed by atoms with van der Waals surface area (Å²) in [7, 11) is 1.55. The molecule has 0 atom stereocenters. The lowest BCUT2D eigenvalue weighted by Gasteiger charge is -2.10. The van der Waals surface area contributed by atoms with E-state index in [0.29, 0.717) is 16.6 Å². The second-order valence-corrected chi connectivity index (χ2v) is 5.94. The fourth-order valence-electron chi connectivity index (χ4n) is 2.34. The first-order valence-corrected chi connectivity index (χ1v) is 8.24. The summed E-state index contributed by atoms with van der Waals surface area (Å²) in [5.74, 6) is 0.756. The third-order valence-corrected chi connectivity index (χ3v) is 4.01. The van der Waals surface area contributed by atoms with Gasteiger partial charge in [0.1, 0.15) is 23.6 Å². The summed E-state index contributed by atoms with van der Waals surface area (Å²) in [6.45, 7) is 1.93. The van der Waals surface area contributed by atoms with Gasteiger partial charge in [-0.25, -0.2) is 9.97 Å². The number of aryl methyl sites for hydroxylation is 1. The maximum atomic E-state index is 12.4. The van der Waals surface area contributed by atoms with Gasteiger partial charge in [-0.1, -0.05) is 29.8 Å². The molecule has 2 N–H and O–H groups in total. The molecular weight excluding hydrogens is 352 g/mol. The number of methoxy groups -OCH3 is 1. The fourth-order valence-corrected chi connectivity index (χ4v) is 2.60. The molecule has 0 fully saturated rings. The normalized spacial score (nSPS) is 10.3. The van der Waals surface area contributed by atoms with E-state index in [0.717, 1.165) is 16.9 Å². The van der Waals surface area contributed by atoms with E-state index < -0.39 is 0 Å². The molecular formula is C19H17ClN4O2. The monoisotopic (exact) mass is 368 g/mol. The highest BCUT2D eigenvalue weighted by molar-refractivity contribution is 6.32. The number of benzene rings is 2. The first kappa shape index (κ1) is 17.7. The molecule has 0 aliphatic rings. The SMILES string of the molecule is COc1ccc(Nc2cc(C(=O)Nc3ccccc3C)ncn2)cc1Cl. The lowest BCUT2D eigenvalue weighted by Crippen LogP contribution is -2.15. The van der Waals surface area contributed by atoms with Crippen LogP contribution < -0.4 is 15.4 Å². The number of anilines is 3. The topological polar surface area (TPSA) is 76.1 Å². The van der Waals surface area contributed by atoms with E-state index >= 15 is 0 Å². The van der Waals surface area contributed by atoms with E-state index in [4.69, 9.17) is 16.3 Å². The van der Waals surface area contributed by atoms with Crippen molar-refractivity contribution in [1.29, 1.82) is 0 Å². The highest BCUT2D eigenvalue weighted by Gasteiger charge is 2.11. The minimum absolute atomic E-state index is 0.255. The molecule has 1 heterocycles. The first-order chi connectivity index (χ1) is 12.6. The van der Waals surface area contributed by atoms with Crippen molar-refractivity contribution in [1.82, 2.24) is 9.97 Å². The van der Waals surface area contributed by atoms with Crippen LogP contribution in [-0.2, 0) is 0 Å². The number of carbonyl (C=O) groups excluding carboxylic acids is 1. The Bertz CT molecular complexity index is 946. The molecule has 0 saturated carbocycles. The van der Waals surface area contributed by atoms with Crippen LogP contribution in [0.15, 0.2) is 54.9 Å². The van der Waals surface area contributed by atoms with Crippen LogP contribution >= 0.6 is 11.6 Å². The minimum atomic E-state index is -0.308. The Labute approximate surface area is 156 Å². The van der Waals surface area contributed by atoms with Crippen molar-refractivity contribution in [3.05, 3.63) is 71.1 Å². The highest BCUT2D eigenvalue weighted by Crippen LogP contribution is 2.28. The van der Waals surface area contributed by atoms with Gasteiger partial charge in [0.05, 0.1) is 12.1 Å². The van der Waals surface area contributed by atoms with Gasteiger partial charge in [0.15, 0.2) is 0 Å². The van der Waals surface area contributed by atoms with Gasteiger partial charge in [-0.05, 0) is 36.8 Å².